The van der Waals surface area contributed by atoms with E-state index < -0.39 is 0 Å². The van der Waals surface area contributed by atoms with Crippen LogP contribution in [0.5, 0.6) is 0 Å². The summed E-state index contributed by atoms with van der Waals surface area (Å²) < 4.78 is 0. The highest BCUT2D eigenvalue weighted by atomic mass is 32.1. The molecule has 4 rings (SSSR count). The summed E-state index contributed by atoms with van der Waals surface area (Å²) in [5, 5.41) is 5.37. The molecule has 0 aromatic carbocycles. The average molecular weight is 370 g/mol. The van der Waals surface area contributed by atoms with E-state index in [0.29, 0.717) is 6.04 Å². The van der Waals surface area contributed by atoms with Crippen molar-refractivity contribution in [1.82, 2.24) is 15.2 Å². The van der Waals surface area contributed by atoms with Gasteiger partial charge in [-0.05, 0) is 55.7 Å². The van der Waals surface area contributed by atoms with Gasteiger partial charge in [0.05, 0.1) is 11.3 Å². The molecule has 1 atom stereocenters. The normalized spacial score (nSPS) is 21.3. The molecule has 1 aliphatic heterocycles. The van der Waals surface area contributed by atoms with Crippen molar-refractivity contribution in [3.05, 3.63) is 51.5 Å². The molecule has 0 radical (unpaired) electrons. The molecule has 26 heavy (non-hydrogen) atoms. The van der Waals surface area contributed by atoms with Crippen LogP contribution in [0.15, 0.2) is 29.8 Å². The maximum Gasteiger partial charge on any atom is 0.252 e. The predicted molar refractivity (Wildman–Crippen MR) is 106 cm³/mol. The molecule has 5 heteroatoms. The summed E-state index contributed by atoms with van der Waals surface area (Å²) in [6.45, 7) is 5.24. The maximum absolute atomic E-state index is 12.8. The van der Waals surface area contributed by atoms with Crippen LogP contribution in [0.4, 0.5) is 0 Å². The summed E-state index contributed by atoms with van der Waals surface area (Å²) in [7, 11) is 0. The Balaban J connectivity index is 1.30. The van der Waals surface area contributed by atoms with Crippen LogP contribution in [0.3, 0.4) is 0 Å². The fourth-order valence-electron chi connectivity index (χ4n) is 4.09. The fourth-order valence-corrected chi connectivity index (χ4v) is 5.33. The van der Waals surface area contributed by atoms with E-state index in [1.54, 1.807) is 11.3 Å². The first-order chi connectivity index (χ1) is 12.7. The molecule has 0 saturated carbocycles. The zero-order chi connectivity index (χ0) is 17.9. The summed E-state index contributed by atoms with van der Waals surface area (Å²) in [5.41, 5.74) is 3.38. The van der Waals surface area contributed by atoms with E-state index in [1.165, 1.54) is 16.9 Å². The lowest BCUT2D eigenvalue weighted by Gasteiger charge is -2.32. The number of hydrogen-bond donors (Lipinski definition) is 1. The van der Waals surface area contributed by atoms with Crippen molar-refractivity contribution in [2.75, 3.05) is 13.1 Å². The number of fused-ring (bicyclic) bond motifs is 1. The Kier molecular flexibility index (Phi) is 5.36. The smallest absolute Gasteiger partial charge is 0.252 e. The van der Waals surface area contributed by atoms with Crippen LogP contribution >= 0.6 is 11.3 Å². The van der Waals surface area contributed by atoms with Crippen LogP contribution in [0.2, 0.25) is 0 Å². The SMILES string of the molecule is CC1CCc2c(C(=O)NC3CCN(Cc4ccccn4)CC3)csc2C1. The van der Waals surface area contributed by atoms with E-state index in [-0.39, 0.29) is 5.91 Å². The topological polar surface area (TPSA) is 45.2 Å². The fraction of sp³-hybridized carbons (Fsp3) is 0.524. The number of amides is 1. The Morgan fingerprint density at radius 1 is 1.31 bits per heavy atom. The summed E-state index contributed by atoms with van der Waals surface area (Å²) >= 11 is 1.77. The van der Waals surface area contributed by atoms with Crippen LogP contribution in [0.1, 0.15) is 52.7 Å². The minimum absolute atomic E-state index is 0.139. The number of nitrogens with zero attached hydrogens (tertiary/aromatic N) is 2. The third kappa shape index (κ3) is 3.99. The maximum atomic E-state index is 12.8. The molecule has 1 N–H and O–H groups in total. The molecule has 1 aliphatic carbocycles. The van der Waals surface area contributed by atoms with Gasteiger partial charge in [-0.15, -0.1) is 11.3 Å². The monoisotopic (exact) mass is 369 g/mol. The Labute approximate surface area is 159 Å². The molecule has 2 aromatic heterocycles. The number of aromatic nitrogens is 1. The van der Waals surface area contributed by atoms with Crippen molar-refractivity contribution in [2.24, 2.45) is 5.92 Å². The van der Waals surface area contributed by atoms with Crippen molar-refractivity contribution in [3.63, 3.8) is 0 Å². The molecule has 2 aromatic rings. The van der Waals surface area contributed by atoms with Gasteiger partial charge in [-0.1, -0.05) is 13.0 Å². The molecule has 1 amide bonds. The number of piperidine rings is 1. The number of hydrogen-bond acceptors (Lipinski definition) is 4. The third-order valence-electron chi connectivity index (χ3n) is 5.68. The van der Waals surface area contributed by atoms with Crippen LogP contribution < -0.4 is 5.32 Å². The molecule has 3 heterocycles. The van der Waals surface area contributed by atoms with Gasteiger partial charge < -0.3 is 5.32 Å². The molecule has 4 nitrogen and oxygen atoms in total. The van der Waals surface area contributed by atoms with E-state index in [1.807, 2.05) is 18.3 Å². The van der Waals surface area contributed by atoms with Gasteiger partial charge in [-0.2, -0.15) is 0 Å². The van der Waals surface area contributed by atoms with Gasteiger partial charge in [0, 0.05) is 42.1 Å². The van der Waals surface area contributed by atoms with Gasteiger partial charge in [0.15, 0.2) is 0 Å². The second kappa shape index (κ2) is 7.89. The van der Waals surface area contributed by atoms with E-state index in [9.17, 15) is 4.79 Å². The summed E-state index contributed by atoms with van der Waals surface area (Å²) in [6.07, 6.45) is 7.29. The third-order valence-corrected chi connectivity index (χ3v) is 6.73. The standard InChI is InChI=1S/C21H27N3OS/c1-15-5-6-18-19(14-26-20(18)12-15)21(25)23-16-7-10-24(11-8-16)13-17-4-2-3-9-22-17/h2-4,9,14-16H,5-8,10-13H2,1H3,(H,23,25). The van der Waals surface area contributed by atoms with E-state index in [4.69, 9.17) is 0 Å². The quantitative estimate of drug-likeness (QED) is 0.894. The number of rotatable bonds is 4. The molecule has 1 fully saturated rings. The second-order valence-corrected chi connectivity index (χ2v) is 8.71. The number of likely N-dealkylation sites (tertiary alicyclic amines) is 1. The highest BCUT2D eigenvalue weighted by Crippen LogP contribution is 2.32. The largest absolute Gasteiger partial charge is 0.349 e. The van der Waals surface area contributed by atoms with Gasteiger partial charge >= 0.3 is 0 Å². The minimum atomic E-state index is 0.139. The Morgan fingerprint density at radius 2 is 2.15 bits per heavy atom. The summed E-state index contributed by atoms with van der Waals surface area (Å²) in [6, 6.07) is 6.36. The van der Waals surface area contributed by atoms with Gasteiger partial charge in [0.1, 0.15) is 0 Å². The van der Waals surface area contributed by atoms with Crippen molar-refractivity contribution in [2.45, 2.75) is 51.6 Å². The minimum Gasteiger partial charge on any atom is -0.349 e. The molecular weight excluding hydrogens is 342 g/mol. The van der Waals surface area contributed by atoms with E-state index in [0.717, 1.165) is 62.5 Å². The van der Waals surface area contributed by atoms with Gasteiger partial charge in [0.25, 0.3) is 5.91 Å². The number of pyridine rings is 1. The number of nitrogens with one attached hydrogen (secondary N) is 1. The van der Waals surface area contributed by atoms with Crippen LogP contribution in [0, 0.1) is 5.92 Å². The molecule has 1 unspecified atom stereocenters. The average Bonchev–Trinajstić information content (AvgIpc) is 3.07. The number of carbonyl (C=O) groups is 1. The number of carbonyl (C=O) groups excluding carboxylic acids is 1. The zero-order valence-electron chi connectivity index (χ0n) is 15.4. The summed E-state index contributed by atoms with van der Waals surface area (Å²) in [5.74, 6) is 0.890. The van der Waals surface area contributed by atoms with Gasteiger partial charge in [0.2, 0.25) is 0 Å². The number of thiophene rings is 1. The van der Waals surface area contributed by atoms with Gasteiger partial charge in [-0.3, -0.25) is 14.7 Å². The first-order valence-corrected chi connectivity index (χ1v) is 10.6. The lowest BCUT2D eigenvalue weighted by atomic mass is 9.88. The van der Waals surface area contributed by atoms with Crippen LogP contribution in [0.25, 0.3) is 0 Å². The van der Waals surface area contributed by atoms with Crippen LogP contribution in [-0.2, 0) is 19.4 Å². The molecule has 0 spiro atoms. The molecule has 0 bridgehead atoms. The highest BCUT2D eigenvalue weighted by molar-refractivity contribution is 7.10. The van der Waals surface area contributed by atoms with Crippen LogP contribution in [-0.4, -0.2) is 34.9 Å². The molecule has 1 saturated heterocycles. The van der Waals surface area contributed by atoms with E-state index in [2.05, 4.69) is 33.6 Å². The lowest BCUT2D eigenvalue weighted by Crippen LogP contribution is -2.44. The predicted octanol–water partition coefficient (Wildman–Crippen LogP) is 3.66. The Morgan fingerprint density at radius 3 is 2.92 bits per heavy atom. The zero-order valence-corrected chi connectivity index (χ0v) is 16.2. The van der Waals surface area contributed by atoms with Gasteiger partial charge in [-0.25, -0.2) is 0 Å². The van der Waals surface area contributed by atoms with Crippen molar-refractivity contribution in [1.29, 1.82) is 0 Å². The second-order valence-electron chi connectivity index (χ2n) is 7.74. The molecule has 138 valence electrons. The van der Waals surface area contributed by atoms with Crippen molar-refractivity contribution < 1.29 is 4.79 Å². The van der Waals surface area contributed by atoms with Crippen molar-refractivity contribution >= 4 is 17.2 Å². The van der Waals surface area contributed by atoms with Crippen molar-refractivity contribution in [3.8, 4) is 0 Å². The lowest BCUT2D eigenvalue weighted by molar-refractivity contribution is 0.0907. The first kappa shape index (κ1) is 17.7. The highest BCUT2D eigenvalue weighted by Gasteiger charge is 2.26. The molecule has 2 aliphatic rings. The Bertz CT molecular complexity index is 750. The first-order valence-electron chi connectivity index (χ1n) is 9.71. The molecular formula is C21H27N3OS. The summed E-state index contributed by atoms with van der Waals surface area (Å²) in [4.78, 5) is 21.0. The van der Waals surface area contributed by atoms with E-state index >= 15 is 0 Å². The Hall–Kier alpha value is -1.72.